The first-order valence-corrected chi connectivity index (χ1v) is 11.4. The average Bonchev–Trinajstić information content (AvgIpc) is 3.05. The van der Waals surface area contributed by atoms with E-state index < -0.39 is 0 Å². The molecule has 6 nitrogen and oxygen atoms in total. The van der Waals surface area contributed by atoms with Crippen molar-refractivity contribution in [2.24, 2.45) is 50.0 Å². The van der Waals surface area contributed by atoms with Gasteiger partial charge in [0.1, 0.15) is 21.3 Å². The molecule has 0 heterocycles. The number of allylic oxidation sites excluding steroid dienone is 2. The van der Waals surface area contributed by atoms with Crippen LogP contribution in [0.1, 0.15) is 65.7 Å². The topological polar surface area (TPSA) is 64.8 Å². The Labute approximate surface area is 180 Å². The molecule has 0 aliphatic heterocycles. The van der Waals surface area contributed by atoms with Gasteiger partial charge in [0.2, 0.25) is 0 Å². The van der Waals surface area contributed by atoms with Crippen molar-refractivity contribution in [3.8, 4) is 0 Å². The van der Waals surface area contributed by atoms with Gasteiger partial charge in [-0.25, -0.2) is 0 Å². The molecule has 0 saturated heterocycles. The lowest BCUT2D eigenvalue weighted by Crippen LogP contribution is -2.55. The molecule has 3 unspecified atom stereocenters. The second-order valence-corrected chi connectivity index (χ2v) is 10.1. The van der Waals surface area contributed by atoms with Crippen LogP contribution in [-0.2, 0) is 14.5 Å². The summed E-state index contributed by atoms with van der Waals surface area (Å²) in [7, 11) is 4.96. The lowest BCUT2D eigenvalue weighted by atomic mass is 9.46. The van der Waals surface area contributed by atoms with E-state index in [1.165, 1.54) is 30.5 Å². The van der Waals surface area contributed by atoms with Gasteiger partial charge in [0.05, 0.1) is 17.1 Å². The lowest BCUT2D eigenvalue weighted by Gasteiger charge is -2.58. The van der Waals surface area contributed by atoms with Gasteiger partial charge < -0.3 is 14.5 Å². The fraction of sp³-hybridized carbons (Fsp3) is 0.792. The zero-order valence-corrected chi connectivity index (χ0v) is 19.4. The van der Waals surface area contributed by atoms with E-state index in [1.54, 1.807) is 21.3 Å². The number of hydrogen-bond donors (Lipinski definition) is 0. The van der Waals surface area contributed by atoms with Crippen molar-refractivity contribution in [1.82, 2.24) is 0 Å². The monoisotopic (exact) mass is 415 g/mol. The van der Waals surface area contributed by atoms with Crippen molar-refractivity contribution in [3.63, 3.8) is 0 Å². The summed E-state index contributed by atoms with van der Waals surface area (Å²) in [5, 5.41) is 13.2. The maximum absolute atomic E-state index is 5.42. The molecular weight excluding hydrogens is 378 g/mol. The molecule has 0 amide bonds. The first kappa shape index (κ1) is 21.4. The smallest absolute Gasteiger partial charge is 0.106 e. The third-order valence-corrected chi connectivity index (χ3v) is 8.84. The van der Waals surface area contributed by atoms with E-state index in [0.717, 1.165) is 37.1 Å². The number of fused-ring (bicyclic) bond motifs is 5. The second kappa shape index (κ2) is 8.01. The molecule has 4 aliphatic rings. The second-order valence-electron chi connectivity index (χ2n) is 10.1. The van der Waals surface area contributed by atoms with Crippen LogP contribution in [0.2, 0.25) is 0 Å². The van der Waals surface area contributed by atoms with Gasteiger partial charge in [-0.15, -0.1) is 0 Å². The van der Waals surface area contributed by atoms with Gasteiger partial charge >= 0.3 is 0 Å². The van der Waals surface area contributed by atoms with Gasteiger partial charge in [0.25, 0.3) is 0 Å². The molecule has 0 spiro atoms. The Bertz CT molecular complexity index is 802. The first-order valence-electron chi connectivity index (χ1n) is 11.4. The van der Waals surface area contributed by atoms with Gasteiger partial charge in [0, 0.05) is 11.8 Å². The Hall–Kier alpha value is -1.85. The molecule has 0 bridgehead atoms. The first-order chi connectivity index (χ1) is 14.4. The Morgan fingerprint density at radius 1 is 1.00 bits per heavy atom. The molecule has 4 aliphatic carbocycles. The average molecular weight is 416 g/mol. The number of nitrogens with zero attached hydrogens (tertiary/aromatic N) is 3. The Morgan fingerprint density at radius 2 is 1.77 bits per heavy atom. The SMILES string of the molecule is CON=C1C=C2CCC3C(C(=NOC)C[C@@]4(C)C3CC[C@@H]4C(C)=NOC)[C@@]2(C)CC1. The summed E-state index contributed by atoms with van der Waals surface area (Å²) in [4.78, 5) is 15.6. The third kappa shape index (κ3) is 3.18. The quantitative estimate of drug-likeness (QED) is 0.468. The zero-order chi connectivity index (χ0) is 21.5. The van der Waals surface area contributed by atoms with E-state index in [0.29, 0.717) is 23.7 Å². The maximum Gasteiger partial charge on any atom is 0.106 e. The van der Waals surface area contributed by atoms with Gasteiger partial charge in [0.15, 0.2) is 0 Å². The molecule has 0 aromatic heterocycles. The summed E-state index contributed by atoms with van der Waals surface area (Å²) in [6.07, 6.45) is 10.1. The van der Waals surface area contributed by atoms with Crippen LogP contribution in [0.15, 0.2) is 27.1 Å². The summed E-state index contributed by atoms with van der Waals surface area (Å²) in [5.74, 6) is 2.22. The fourth-order valence-electron chi connectivity index (χ4n) is 7.72. The van der Waals surface area contributed by atoms with E-state index >= 15 is 0 Å². The normalized spacial score (nSPS) is 43.5. The van der Waals surface area contributed by atoms with Crippen molar-refractivity contribution in [3.05, 3.63) is 11.6 Å². The third-order valence-electron chi connectivity index (χ3n) is 8.84. The zero-order valence-electron chi connectivity index (χ0n) is 19.4. The standard InChI is InChI=1S/C24H37N3O3/c1-15(25-28-4)19-9-10-20-18-8-7-16-13-17(26-29-5)11-12-23(16,2)22(18)21(27-30-6)14-24(19,20)3/h13,18-20,22H,7-12,14H2,1-6H3/t18?,19-,20?,22?,23+,24-/m1/s1. The summed E-state index contributed by atoms with van der Waals surface area (Å²) in [5.41, 5.74) is 5.25. The van der Waals surface area contributed by atoms with Crippen molar-refractivity contribution in [1.29, 1.82) is 0 Å². The molecule has 0 aromatic carbocycles. The summed E-state index contributed by atoms with van der Waals surface area (Å²) >= 11 is 0. The number of hydrogen-bond acceptors (Lipinski definition) is 6. The lowest BCUT2D eigenvalue weighted by molar-refractivity contribution is 0.0221. The minimum Gasteiger partial charge on any atom is -0.399 e. The van der Waals surface area contributed by atoms with Crippen molar-refractivity contribution in [2.45, 2.75) is 65.7 Å². The van der Waals surface area contributed by atoms with E-state index in [1.807, 2.05) is 0 Å². The molecule has 0 aromatic rings. The van der Waals surface area contributed by atoms with Gasteiger partial charge in [-0.1, -0.05) is 34.9 Å². The van der Waals surface area contributed by atoms with E-state index in [9.17, 15) is 0 Å². The highest BCUT2D eigenvalue weighted by atomic mass is 16.6. The molecule has 3 saturated carbocycles. The highest BCUT2D eigenvalue weighted by Crippen LogP contribution is 2.66. The summed E-state index contributed by atoms with van der Waals surface area (Å²) < 4.78 is 0. The minimum atomic E-state index is 0.127. The van der Waals surface area contributed by atoms with Gasteiger partial charge in [-0.05, 0) is 80.6 Å². The van der Waals surface area contributed by atoms with Crippen LogP contribution in [0.4, 0.5) is 0 Å². The molecule has 30 heavy (non-hydrogen) atoms. The highest BCUT2D eigenvalue weighted by Gasteiger charge is 2.61. The van der Waals surface area contributed by atoms with E-state index in [2.05, 4.69) is 42.3 Å². The maximum atomic E-state index is 5.42. The van der Waals surface area contributed by atoms with Crippen LogP contribution in [0.25, 0.3) is 0 Å². The Kier molecular flexibility index (Phi) is 5.71. The number of rotatable bonds is 4. The van der Waals surface area contributed by atoms with Crippen molar-refractivity contribution in [2.75, 3.05) is 21.3 Å². The summed E-state index contributed by atoms with van der Waals surface area (Å²) in [6, 6.07) is 0. The van der Waals surface area contributed by atoms with Crippen LogP contribution < -0.4 is 0 Å². The fourth-order valence-corrected chi connectivity index (χ4v) is 7.72. The number of oxime groups is 3. The predicted molar refractivity (Wildman–Crippen MR) is 120 cm³/mol. The minimum absolute atomic E-state index is 0.127. The van der Waals surface area contributed by atoms with Crippen LogP contribution in [-0.4, -0.2) is 38.5 Å². The molecular formula is C24H37N3O3. The molecule has 166 valence electrons. The molecule has 3 fully saturated rings. The Morgan fingerprint density at radius 3 is 2.47 bits per heavy atom. The van der Waals surface area contributed by atoms with Crippen LogP contribution in [0.3, 0.4) is 0 Å². The molecule has 0 N–H and O–H groups in total. The predicted octanol–water partition coefficient (Wildman–Crippen LogP) is 5.20. The molecule has 4 rings (SSSR count). The molecule has 6 atom stereocenters. The van der Waals surface area contributed by atoms with Crippen molar-refractivity contribution < 1.29 is 14.5 Å². The van der Waals surface area contributed by atoms with Crippen LogP contribution in [0.5, 0.6) is 0 Å². The van der Waals surface area contributed by atoms with E-state index in [4.69, 9.17) is 14.5 Å². The van der Waals surface area contributed by atoms with Crippen molar-refractivity contribution >= 4 is 17.1 Å². The highest BCUT2D eigenvalue weighted by molar-refractivity contribution is 5.97. The summed E-state index contributed by atoms with van der Waals surface area (Å²) in [6.45, 7) is 7.04. The van der Waals surface area contributed by atoms with Gasteiger partial charge in [-0.2, -0.15) is 0 Å². The Balaban J connectivity index is 1.74. The largest absolute Gasteiger partial charge is 0.399 e. The van der Waals surface area contributed by atoms with E-state index in [-0.39, 0.29) is 10.8 Å². The van der Waals surface area contributed by atoms with Crippen LogP contribution >= 0.6 is 0 Å². The molecule has 6 heteroatoms. The van der Waals surface area contributed by atoms with Gasteiger partial charge in [-0.3, -0.25) is 0 Å². The molecule has 0 radical (unpaired) electrons. The van der Waals surface area contributed by atoms with Crippen LogP contribution in [0, 0.1) is 34.5 Å².